The zero-order chi connectivity index (χ0) is 22.3. The van der Waals surface area contributed by atoms with Crippen LogP contribution in [-0.2, 0) is 14.8 Å². The topological polar surface area (TPSA) is 103 Å². The molecule has 3 rings (SSSR count). The Morgan fingerprint density at radius 1 is 1.13 bits per heavy atom. The predicted molar refractivity (Wildman–Crippen MR) is 115 cm³/mol. The van der Waals surface area contributed by atoms with Crippen LogP contribution in [0.2, 0.25) is 0 Å². The van der Waals surface area contributed by atoms with Crippen LogP contribution in [0, 0.1) is 0 Å². The second-order valence-electron chi connectivity index (χ2n) is 6.83. The highest BCUT2D eigenvalue weighted by Gasteiger charge is 2.21. The lowest BCUT2D eigenvalue weighted by Crippen LogP contribution is -2.32. The minimum absolute atomic E-state index is 0.110. The number of para-hydroxylation sites is 2. The number of anilines is 1. The molecule has 0 aromatic heterocycles. The molecule has 10 heteroatoms. The molecule has 0 fully saturated rings. The number of ether oxygens (including phenoxy) is 4. The van der Waals surface area contributed by atoms with E-state index in [9.17, 15) is 13.2 Å². The third kappa shape index (κ3) is 6.17. The molecular formula is C21H26N2O7S. The van der Waals surface area contributed by atoms with E-state index < -0.39 is 10.0 Å². The lowest BCUT2D eigenvalue weighted by molar-refractivity contribution is -0.121. The Morgan fingerprint density at radius 3 is 2.61 bits per heavy atom. The molecule has 2 aromatic carbocycles. The summed E-state index contributed by atoms with van der Waals surface area (Å²) in [4.78, 5) is 12.1. The predicted octanol–water partition coefficient (Wildman–Crippen LogP) is 2.17. The molecule has 0 spiro atoms. The number of sulfonamides is 1. The number of fused-ring (bicyclic) bond motifs is 1. The van der Waals surface area contributed by atoms with Crippen molar-refractivity contribution in [3.05, 3.63) is 42.5 Å². The van der Waals surface area contributed by atoms with Gasteiger partial charge in [-0.3, -0.25) is 9.10 Å². The summed E-state index contributed by atoms with van der Waals surface area (Å²) in [6, 6.07) is 12.2. The minimum atomic E-state index is -3.52. The van der Waals surface area contributed by atoms with E-state index >= 15 is 0 Å². The summed E-state index contributed by atoms with van der Waals surface area (Å²) in [6.07, 6.45) is 1.68. The maximum Gasteiger partial charge on any atom is 0.232 e. The molecule has 1 heterocycles. The van der Waals surface area contributed by atoms with Crippen LogP contribution in [-0.4, -0.2) is 54.2 Å². The lowest BCUT2D eigenvalue weighted by atomic mass is 10.2. The molecule has 1 amide bonds. The third-order valence-electron chi connectivity index (χ3n) is 4.56. The fourth-order valence-electron chi connectivity index (χ4n) is 3.09. The maximum absolute atomic E-state index is 12.2. The van der Waals surface area contributed by atoms with Gasteiger partial charge in [-0.05, 0) is 30.7 Å². The molecule has 0 atom stereocenters. The maximum atomic E-state index is 12.2. The SMILES string of the molecule is COc1ccccc1OCCNC(=O)CCCN(c1ccc2c(c1)OCO2)S(C)(=O)=O. The van der Waals surface area contributed by atoms with Gasteiger partial charge >= 0.3 is 0 Å². The van der Waals surface area contributed by atoms with Crippen LogP contribution in [0.1, 0.15) is 12.8 Å². The summed E-state index contributed by atoms with van der Waals surface area (Å²) < 4.78 is 47.1. The first-order chi connectivity index (χ1) is 14.9. The lowest BCUT2D eigenvalue weighted by Gasteiger charge is -2.22. The van der Waals surface area contributed by atoms with E-state index in [0.717, 1.165) is 6.26 Å². The molecule has 168 valence electrons. The Morgan fingerprint density at radius 2 is 1.87 bits per heavy atom. The van der Waals surface area contributed by atoms with Crippen molar-refractivity contribution in [1.82, 2.24) is 5.32 Å². The number of amides is 1. The van der Waals surface area contributed by atoms with Crippen molar-refractivity contribution in [1.29, 1.82) is 0 Å². The molecule has 0 saturated carbocycles. The van der Waals surface area contributed by atoms with Gasteiger partial charge in [-0.15, -0.1) is 0 Å². The van der Waals surface area contributed by atoms with Gasteiger partial charge in [0.1, 0.15) is 6.61 Å². The fraction of sp³-hybridized carbons (Fsp3) is 0.381. The van der Waals surface area contributed by atoms with Gasteiger partial charge in [0.15, 0.2) is 23.0 Å². The minimum Gasteiger partial charge on any atom is -0.493 e. The van der Waals surface area contributed by atoms with E-state index in [1.807, 2.05) is 12.1 Å². The van der Waals surface area contributed by atoms with Crippen molar-refractivity contribution in [3.8, 4) is 23.0 Å². The molecule has 0 saturated heterocycles. The number of carbonyl (C=O) groups excluding carboxylic acids is 1. The molecule has 1 aliphatic heterocycles. The highest BCUT2D eigenvalue weighted by Crippen LogP contribution is 2.36. The van der Waals surface area contributed by atoms with Gasteiger partial charge in [0, 0.05) is 19.0 Å². The number of nitrogens with one attached hydrogen (secondary N) is 1. The summed E-state index contributed by atoms with van der Waals surface area (Å²) in [5.74, 6) is 2.12. The Bertz CT molecular complexity index is 1010. The standard InChI is InChI=1S/C21H26N2O7S/c1-27-17-6-3-4-7-18(17)28-13-11-22-21(24)8-5-12-23(31(2,25)26)16-9-10-19-20(14-16)30-15-29-19/h3-4,6-7,9-10,14H,5,8,11-13,15H2,1-2H3,(H,22,24). The number of hydrogen-bond acceptors (Lipinski definition) is 7. The molecule has 2 aromatic rings. The Hall–Kier alpha value is -3.14. The summed E-state index contributed by atoms with van der Waals surface area (Å²) >= 11 is 0. The first-order valence-corrected chi connectivity index (χ1v) is 11.6. The first-order valence-electron chi connectivity index (χ1n) is 9.78. The van der Waals surface area contributed by atoms with E-state index in [1.165, 1.54) is 4.31 Å². The summed E-state index contributed by atoms with van der Waals surface area (Å²) in [7, 11) is -1.96. The molecule has 0 aliphatic carbocycles. The molecular weight excluding hydrogens is 424 g/mol. The first kappa shape index (κ1) is 22.5. The number of hydrogen-bond donors (Lipinski definition) is 1. The second kappa shape index (κ2) is 10.3. The van der Waals surface area contributed by atoms with Gasteiger partial charge in [0.25, 0.3) is 0 Å². The average Bonchev–Trinajstić information content (AvgIpc) is 3.21. The largest absolute Gasteiger partial charge is 0.493 e. The Labute approximate surface area is 181 Å². The van der Waals surface area contributed by atoms with Crippen LogP contribution < -0.4 is 28.6 Å². The van der Waals surface area contributed by atoms with Crippen molar-refractivity contribution in [2.24, 2.45) is 0 Å². The van der Waals surface area contributed by atoms with E-state index in [1.54, 1.807) is 37.4 Å². The fourth-order valence-corrected chi connectivity index (χ4v) is 4.05. The van der Waals surface area contributed by atoms with E-state index in [0.29, 0.717) is 48.3 Å². The van der Waals surface area contributed by atoms with Crippen molar-refractivity contribution in [3.63, 3.8) is 0 Å². The van der Waals surface area contributed by atoms with Crippen molar-refractivity contribution >= 4 is 21.6 Å². The van der Waals surface area contributed by atoms with E-state index in [4.69, 9.17) is 18.9 Å². The Kier molecular flexibility index (Phi) is 7.45. The van der Waals surface area contributed by atoms with Gasteiger partial charge < -0.3 is 24.3 Å². The molecule has 1 aliphatic rings. The number of carbonyl (C=O) groups is 1. The van der Waals surface area contributed by atoms with E-state index in [2.05, 4.69) is 5.32 Å². The quantitative estimate of drug-likeness (QED) is 0.523. The number of rotatable bonds is 11. The molecule has 9 nitrogen and oxygen atoms in total. The van der Waals surface area contributed by atoms with Crippen molar-refractivity contribution in [2.75, 3.05) is 44.2 Å². The van der Waals surface area contributed by atoms with Crippen LogP contribution in [0.4, 0.5) is 5.69 Å². The number of methoxy groups -OCH3 is 1. The van der Waals surface area contributed by atoms with Crippen LogP contribution >= 0.6 is 0 Å². The van der Waals surface area contributed by atoms with Gasteiger partial charge in [-0.1, -0.05) is 12.1 Å². The zero-order valence-electron chi connectivity index (χ0n) is 17.5. The van der Waals surface area contributed by atoms with Gasteiger partial charge in [0.05, 0.1) is 25.6 Å². The summed E-state index contributed by atoms with van der Waals surface area (Å²) in [5.41, 5.74) is 0.470. The van der Waals surface area contributed by atoms with Crippen LogP contribution in [0.15, 0.2) is 42.5 Å². The molecule has 0 bridgehead atoms. The number of benzene rings is 2. The zero-order valence-corrected chi connectivity index (χ0v) is 18.3. The summed E-state index contributed by atoms with van der Waals surface area (Å²) in [5, 5.41) is 2.77. The van der Waals surface area contributed by atoms with Crippen molar-refractivity contribution in [2.45, 2.75) is 12.8 Å². The van der Waals surface area contributed by atoms with Crippen LogP contribution in [0.25, 0.3) is 0 Å². The normalized spacial score (nSPS) is 12.3. The van der Waals surface area contributed by atoms with Gasteiger partial charge in [0.2, 0.25) is 22.7 Å². The molecule has 0 unspecified atom stereocenters. The van der Waals surface area contributed by atoms with E-state index in [-0.39, 0.29) is 25.7 Å². The second-order valence-corrected chi connectivity index (χ2v) is 8.73. The Balaban J connectivity index is 1.44. The molecule has 31 heavy (non-hydrogen) atoms. The summed E-state index contributed by atoms with van der Waals surface area (Å²) in [6.45, 7) is 0.899. The highest BCUT2D eigenvalue weighted by molar-refractivity contribution is 7.92. The monoisotopic (exact) mass is 450 g/mol. The third-order valence-corrected chi connectivity index (χ3v) is 5.75. The van der Waals surface area contributed by atoms with Gasteiger partial charge in [-0.2, -0.15) is 0 Å². The van der Waals surface area contributed by atoms with Crippen LogP contribution in [0.5, 0.6) is 23.0 Å². The smallest absolute Gasteiger partial charge is 0.232 e. The van der Waals surface area contributed by atoms with Gasteiger partial charge in [-0.25, -0.2) is 8.42 Å². The molecule has 1 N–H and O–H groups in total. The number of nitrogens with zero attached hydrogens (tertiary/aromatic N) is 1. The van der Waals surface area contributed by atoms with Crippen molar-refractivity contribution < 1.29 is 32.2 Å². The van der Waals surface area contributed by atoms with Crippen LogP contribution in [0.3, 0.4) is 0 Å². The highest BCUT2D eigenvalue weighted by atomic mass is 32.2. The average molecular weight is 451 g/mol. The molecule has 0 radical (unpaired) electrons.